The van der Waals surface area contributed by atoms with Crippen LogP contribution in [0.1, 0.15) is 32.1 Å². The molecule has 9 nitrogen and oxygen atoms in total. The molecule has 4 heterocycles. The number of rotatable bonds is 5. The van der Waals surface area contributed by atoms with Gasteiger partial charge < -0.3 is 29.3 Å². The van der Waals surface area contributed by atoms with Crippen LogP contribution in [-0.4, -0.2) is 59.7 Å². The van der Waals surface area contributed by atoms with E-state index in [1.54, 1.807) is 18.5 Å². The fourth-order valence-electron chi connectivity index (χ4n) is 4.43. The van der Waals surface area contributed by atoms with Gasteiger partial charge in [0.25, 0.3) is 0 Å². The summed E-state index contributed by atoms with van der Waals surface area (Å²) in [7, 11) is 0. The van der Waals surface area contributed by atoms with E-state index in [1.807, 2.05) is 12.1 Å². The lowest BCUT2D eigenvalue weighted by Gasteiger charge is -2.24. The van der Waals surface area contributed by atoms with Crippen LogP contribution in [0.15, 0.2) is 35.1 Å². The number of carbonyl (C=O) groups is 1. The lowest BCUT2D eigenvalue weighted by atomic mass is 9.96. The molecule has 2 aromatic heterocycles. The van der Waals surface area contributed by atoms with Gasteiger partial charge in [0.15, 0.2) is 11.9 Å². The molecule has 30 heavy (non-hydrogen) atoms. The molecule has 0 unspecified atom stereocenters. The van der Waals surface area contributed by atoms with Gasteiger partial charge in [0.05, 0.1) is 25.5 Å². The Morgan fingerprint density at radius 3 is 2.80 bits per heavy atom. The van der Waals surface area contributed by atoms with Crippen molar-refractivity contribution in [3.8, 4) is 11.5 Å². The molecule has 160 valence electrons. The monoisotopic (exact) mass is 414 g/mol. The average Bonchev–Trinajstić information content (AvgIpc) is 3.50. The molecular weight excluding hydrogens is 388 g/mol. The summed E-state index contributed by atoms with van der Waals surface area (Å²) in [4.78, 5) is 21.1. The summed E-state index contributed by atoms with van der Waals surface area (Å²) in [5.74, 6) is 1.15. The van der Waals surface area contributed by atoms with E-state index >= 15 is 0 Å². The maximum Gasteiger partial charge on any atom is 0.407 e. The lowest BCUT2D eigenvalue weighted by molar-refractivity contribution is 0.00314. The number of nitrogens with one attached hydrogen (secondary N) is 2. The van der Waals surface area contributed by atoms with Crippen LogP contribution in [0.25, 0.3) is 11.5 Å². The minimum Gasteiger partial charge on any atom is -0.463 e. The lowest BCUT2D eigenvalue weighted by Crippen LogP contribution is -2.42. The normalized spacial score (nSPS) is 28.8. The molecule has 3 fully saturated rings. The Kier molecular flexibility index (Phi) is 5.54. The standard InChI is InChI=1S/C21H26N4O5/c26-21(23-13-5-2-1-3-6-13)30-17-12-29-18-15(11-28-19(17)18)25-20-22-9-8-14(24-20)16-7-4-10-27-16/h4,7-10,13,15,17-19H,1-3,5-6,11-12H2,(H,23,26)(H,22,24,25)/t15-,17+,18+,19+/m0/s1. The summed E-state index contributed by atoms with van der Waals surface area (Å²) in [6.07, 6.45) is 7.54. The fourth-order valence-corrected chi connectivity index (χ4v) is 4.43. The van der Waals surface area contributed by atoms with Gasteiger partial charge in [0.2, 0.25) is 5.95 Å². The molecule has 0 radical (unpaired) electrons. The predicted octanol–water partition coefficient (Wildman–Crippen LogP) is 2.74. The van der Waals surface area contributed by atoms with Crippen LogP contribution in [0.2, 0.25) is 0 Å². The fraction of sp³-hybridized carbons (Fsp3) is 0.571. The number of ether oxygens (including phenoxy) is 3. The molecule has 2 aliphatic heterocycles. The number of amides is 1. The number of anilines is 1. The smallest absolute Gasteiger partial charge is 0.407 e. The van der Waals surface area contributed by atoms with E-state index in [2.05, 4.69) is 20.6 Å². The largest absolute Gasteiger partial charge is 0.463 e. The number of fused-ring (bicyclic) bond motifs is 1. The van der Waals surface area contributed by atoms with Crippen LogP contribution < -0.4 is 10.6 Å². The molecule has 1 saturated carbocycles. The van der Waals surface area contributed by atoms with E-state index in [0.717, 1.165) is 25.7 Å². The minimum absolute atomic E-state index is 0.128. The zero-order valence-corrected chi connectivity index (χ0v) is 16.7. The first-order valence-electron chi connectivity index (χ1n) is 10.6. The number of alkyl carbamates (subject to hydrolysis) is 1. The van der Waals surface area contributed by atoms with Crippen molar-refractivity contribution in [2.24, 2.45) is 0 Å². The predicted molar refractivity (Wildman–Crippen MR) is 107 cm³/mol. The van der Waals surface area contributed by atoms with Crippen molar-refractivity contribution < 1.29 is 23.4 Å². The number of carbonyl (C=O) groups excluding carboxylic acids is 1. The van der Waals surface area contributed by atoms with Crippen LogP contribution in [0.4, 0.5) is 10.7 Å². The first kappa shape index (κ1) is 19.3. The Bertz CT molecular complexity index is 855. The summed E-state index contributed by atoms with van der Waals surface area (Å²) >= 11 is 0. The quantitative estimate of drug-likeness (QED) is 0.769. The molecule has 0 spiro atoms. The van der Waals surface area contributed by atoms with E-state index in [-0.39, 0.29) is 30.4 Å². The summed E-state index contributed by atoms with van der Waals surface area (Å²) in [6.45, 7) is 0.743. The van der Waals surface area contributed by atoms with Gasteiger partial charge in [-0.2, -0.15) is 0 Å². The summed E-state index contributed by atoms with van der Waals surface area (Å²) in [5.41, 5.74) is 0.695. The van der Waals surface area contributed by atoms with Crippen molar-refractivity contribution in [1.29, 1.82) is 0 Å². The zero-order chi connectivity index (χ0) is 20.3. The molecule has 4 atom stereocenters. The molecule has 0 aromatic carbocycles. The van der Waals surface area contributed by atoms with E-state index in [1.165, 1.54) is 6.42 Å². The van der Waals surface area contributed by atoms with Crippen LogP contribution >= 0.6 is 0 Å². The maximum atomic E-state index is 12.3. The summed E-state index contributed by atoms with van der Waals surface area (Å²) < 4.78 is 22.8. The molecule has 2 N–H and O–H groups in total. The molecule has 5 rings (SSSR count). The van der Waals surface area contributed by atoms with Gasteiger partial charge in [-0.25, -0.2) is 14.8 Å². The van der Waals surface area contributed by atoms with Crippen molar-refractivity contribution in [1.82, 2.24) is 15.3 Å². The highest BCUT2D eigenvalue weighted by atomic mass is 16.6. The second-order valence-corrected chi connectivity index (χ2v) is 8.01. The Balaban J connectivity index is 1.17. The molecule has 2 saturated heterocycles. The van der Waals surface area contributed by atoms with Crippen LogP contribution in [0.5, 0.6) is 0 Å². The van der Waals surface area contributed by atoms with Gasteiger partial charge in [-0.05, 0) is 31.0 Å². The number of hydrogen-bond donors (Lipinski definition) is 2. The maximum absolute atomic E-state index is 12.3. The Morgan fingerprint density at radius 2 is 1.97 bits per heavy atom. The first-order valence-corrected chi connectivity index (χ1v) is 10.6. The molecular formula is C21H26N4O5. The molecule has 3 aliphatic rings. The Labute approximate surface area is 174 Å². The average molecular weight is 414 g/mol. The van der Waals surface area contributed by atoms with Crippen molar-refractivity contribution in [2.45, 2.75) is 62.5 Å². The third-order valence-corrected chi connectivity index (χ3v) is 5.94. The van der Waals surface area contributed by atoms with Crippen molar-refractivity contribution in [3.63, 3.8) is 0 Å². The van der Waals surface area contributed by atoms with Gasteiger partial charge >= 0.3 is 6.09 Å². The van der Waals surface area contributed by atoms with Crippen molar-refractivity contribution in [2.75, 3.05) is 18.5 Å². The van der Waals surface area contributed by atoms with Crippen LogP contribution in [-0.2, 0) is 14.2 Å². The molecule has 1 amide bonds. The third-order valence-electron chi connectivity index (χ3n) is 5.94. The van der Waals surface area contributed by atoms with E-state index in [4.69, 9.17) is 18.6 Å². The van der Waals surface area contributed by atoms with E-state index in [9.17, 15) is 4.79 Å². The topological polar surface area (TPSA) is 108 Å². The van der Waals surface area contributed by atoms with Crippen LogP contribution in [0, 0.1) is 0 Å². The van der Waals surface area contributed by atoms with Crippen LogP contribution in [0.3, 0.4) is 0 Å². The third kappa shape index (κ3) is 4.13. The molecule has 0 bridgehead atoms. The number of aromatic nitrogens is 2. The molecule has 1 aliphatic carbocycles. The second-order valence-electron chi connectivity index (χ2n) is 8.01. The number of nitrogens with zero attached hydrogens (tertiary/aromatic N) is 2. The highest BCUT2D eigenvalue weighted by molar-refractivity contribution is 5.68. The SMILES string of the molecule is O=C(NC1CCCCC1)O[C@@H]1CO[C@H]2[C@@H]1OC[C@@H]2Nc1nccc(-c2ccco2)n1. The molecule has 2 aromatic rings. The summed E-state index contributed by atoms with van der Waals surface area (Å²) in [5, 5.41) is 6.26. The minimum atomic E-state index is -0.416. The van der Waals surface area contributed by atoms with Gasteiger partial charge in [-0.3, -0.25) is 0 Å². The van der Waals surface area contributed by atoms with E-state index < -0.39 is 6.10 Å². The van der Waals surface area contributed by atoms with Gasteiger partial charge in [0, 0.05) is 12.2 Å². The van der Waals surface area contributed by atoms with Gasteiger partial charge in [-0.15, -0.1) is 0 Å². The summed E-state index contributed by atoms with van der Waals surface area (Å²) in [6, 6.07) is 5.54. The van der Waals surface area contributed by atoms with Crippen molar-refractivity contribution in [3.05, 3.63) is 30.7 Å². The van der Waals surface area contributed by atoms with Gasteiger partial charge in [-0.1, -0.05) is 19.3 Å². The van der Waals surface area contributed by atoms with Gasteiger partial charge in [0.1, 0.15) is 17.9 Å². The first-order chi connectivity index (χ1) is 14.8. The molecule has 9 heteroatoms. The number of furan rings is 1. The number of hydrogen-bond acceptors (Lipinski definition) is 8. The van der Waals surface area contributed by atoms with Crippen molar-refractivity contribution >= 4 is 12.0 Å². The highest BCUT2D eigenvalue weighted by Gasteiger charge is 2.49. The zero-order valence-electron chi connectivity index (χ0n) is 16.7. The Morgan fingerprint density at radius 1 is 1.10 bits per heavy atom. The Hall–Kier alpha value is -2.65. The highest BCUT2D eigenvalue weighted by Crippen LogP contribution is 2.30. The second kappa shape index (κ2) is 8.61. The van der Waals surface area contributed by atoms with E-state index in [0.29, 0.717) is 30.6 Å².